The van der Waals surface area contributed by atoms with Crippen LogP contribution < -0.4 is 0 Å². The van der Waals surface area contributed by atoms with E-state index in [0.717, 1.165) is 16.7 Å². The Kier molecular flexibility index (Phi) is 5.09. The minimum atomic E-state index is -0.0404. The summed E-state index contributed by atoms with van der Waals surface area (Å²) in [6.07, 6.45) is 0. The van der Waals surface area contributed by atoms with E-state index >= 15 is 0 Å². The lowest BCUT2D eigenvalue weighted by Gasteiger charge is -2.35. The number of hydrogen-bond acceptors (Lipinski definition) is 2. The van der Waals surface area contributed by atoms with Crippen molar-refractivity contribution in [3.63, 3.8) is 0 Å². The molecule has 2 aromatic carbocycles. The molecule has 25 heavy (non-hydrogen) atoms. The lowest BCUT2D eigenvalue weighted by atomic mass is 10.0. The van der Waals surface area contributed by atoms with Crippen molar-refractivity contribution in [2.24, 2.45) is 0 Å². The van der Waals surface area contributed by atoms with Gasteiger partial charge in [0.2, 0.25) is 0 Å². The summed E-state index contributed by atoms with van der Waals surface area (Å²) < 4.78 is 0. The zero-order valence-electron chi connectivity index (χ0n) is 14.5. The van der Waals surface area contributed by atoms with Crippen LogP contribution in [0.5, 0.6) is 0 Å². The molecule has 0 spiro atoms. The minimum absolute atomic E-state index is 0.0380. The van der Waals surface area contributed by atoms with Crippen LogP contribution in [0, 0.1) is 13.8 Å². The zero-order valence-corrected chi connectivity index (χ0v) is 15.2. The van der Waals surface area contributed by atoms with Crippen LogP contribution in [-0.4, -0.2) is 47.8 Å². The van der Waals surface area contributed by atoms with Crippen LogP contribution in [0.2, 0.25) is 5.02 Å². The highest BCUT2D eigenvalue weighted by molar-refractivity contribution is 6.30. The van der Waals surface area contributed by atoms with Gasteiger partial charge in [0.25, 0.3) is 11.8 Å². The van der Waals surface area contributed by atoms with E-state index in [0.29, 0.717) is 36.8 Å². The topological polar surface area (TPSA) is 40.6 Å². The molecule has 0 atom stereocenters. The molecule has 0 bridgehead atoms. The molecule has 2 aromatic rings. The van der Waals surface area contributed by atoms with E-state index in [1.807, 2.05) is 36.9 Å². The lowest BCUT2D eigenvalue weighted by molar-refractivity contribution is 0.0535. The lowest BCUT2D eigenvalue weighted by Crippen LogP contribution is -2.50. The van der Waals surface area contributed by atoms with Gasteiger partial charge in [0.15, 0.2) is 0 Å². The Morgan fingerprint density at radius 3 is 2.12 bits per heavy atom. The molecule has 130 valence electrons. The first kappa shape index (κ1) is 17.5. The van der Waals surface area contributed by atoms with Gasteiger partial charge in [-0.15, -0.1) is 0 Å². The van der Waals surface area contributed by atoms with Crippen LogP contribution in [0.1, 0.15) is 31.8 Å². The van der Waals surface area contributed by atoms with Crippen molar-refractivity contribution in [3.8, 4) is 0 Å². The van der Waals surface area contributed by atoms with Crippen molar-refractivity contribution in [3.05, 3.63) is 69.7 Å². The van der Waals surface area contributed by atoms with E-state index in [1.54, 1.807) is 29.2 Å². The summed E-state index contributed by atoms with van der Waals surface area (Å²) in [5.41, 5.74) is 3.46. The first-order valence-electron chi connectivity index (χ1n) is 8.37. The molecule has 0 unspecified atom stereocenters. The average molecular weight is 357 g/mol. The van der Waals surface area contributed by atoms with Gasteiger partial charge in [-0.25, -0.2) is 0 Å². The molecule has 0 saturated carbocycles. The molecule has 0 aromatic heterocycles. The first-order chi connectivity index (χ1) is 12.0. The fourth-order valence-corrected chi connectivity index (χ4v) is 3.26. The molecule has 1 aliphatic heterocycles. The Morgan fingerprint density at radius 2 is 1.48 bits per heavy atom. The second kappa shape index (κ2) is 7.28. The Hall–Kier alpha value is -2.33. The summed E-state index contributed by atoms with van der Waals surface area (Å²) in [7, 11) is 0. The number of carbonyl (C=O) groups is 2. The number of rotatable bonds is 2. The largest absolute Gasteiger partial charge is 0.335 e. The maximum Gasteiger partial charge on any atom is 0.254 e. The standard InChI is InChI=1S/C20H21ClN2O2/c1-14-5-3-8-18(15(14)2)20(25)23-11-9-22(10-12-23)19(24)16-6-4-7-17(21)13-16/h3-8,13H,9-12H2,1-2H3. The number of carbonyl (C=O) groups excluding carboxylic acids is 2. The molecule has 5 heteroatoms. The van der Waals surface area contributed by atoms with Gasteiger partial charge in [0, 0.05) is 42.3 Å². The molecule has 1 heterocycles. The quantitative estimate of drug-likeness (QED) is 0.825. The summed E-state index contributed by atoms with van der Waals surface area (Å²) >= 11 is 5.96. The number of benzene rings is 2. The third kappa shape index (κ3) is 3.69. The molecular formula is C20H21ClN2O2. The van der Waals surface area contributed by atoms with Crippen molar-refractivity contribution in [2.75, 3.05) is 26.2 Å². The fourth-order valence-electron chi connectivity index (χ4n) is 3.07. The SMILES string of the molecule is Cc1cccc(C(=O)N2CCN(C(=O)c3cccc(Cl)c3)CC2)c1C. The van der Waals surface area contributed by atoms with E-state index in [9.17, 15) is 9.59 Å². The smallest absolute Gasteiger partial charge is 0.254 e. The highest BCUT2D eigenvalue weighted by atomic mass is 35.5. The van der Waals surface area contributed by atoms with Crippen LogP contribution in [-0.2, 0) is 0 Å². The second-order valence-corrected chi connectivity index (χ2v) is 6.78. The molecule has 4 nitrogen and oxygen atoms in total. The van der Waals surface area contributed by atoms with E-state index < -0.39 is 0 Å². The van der Waals surface area contributed by atoms with Crippen LogP contribution in [0.4, 0.5) is 0 Å². The summed E-state index contributed by atoms with van der Waals surface area (Å²) in [5, 5.41) is 0.551. The van der Waals surface area contributed by atoms with Crippen LogP contribution in [0.3, 0.4) is 0 Å². The molecule has 1 aliphatic rings. The van der Waals surface area contributed by atoms with Crippen molar-refractivity contribution in [1.82, 2.24) is 9.80 Å². The molecule has 1 fully saturated rings. The number of piperazine rings is 1. The van der Waals surface area contributed by atoms with Gasteiger partial charge in [-0.2, -0.15) is 0 Å². The number of nitrogens with zero attached hydrogens (tertiary/aromatic N) is 2. The molecule has 2 amide bonds. The van der Waals surface area contributed by atoms with E-state index in [2.05, 4.69) is 0 Å². The predicted molar refractivity (Wildman–Crippen MR) is 99.2 cm³/mol. The summed E-state index contributed by atoms with van der Waals surface area (Å²) in [6, 6.07) is 12.8. The van der Waals surface area contributed by atoms with Crippen molar-refractivity contribution >= 4 is 23.4 Å². The summed E-state index contributed by atoms with van der Waals surface area (Å²) in [5.74, 6) is -0.00242. The highest BCUT2D eigenvalue weighted by Crippen LogP contribution is 2.18. The van der Waals surface area contributed by atoms with Crippen molar-refractivity contribution < 1.29 is 9.59 Å². The Balaban J connectivity index is 1.66. The van der Waals surface area contributed by atoms with Crippen molar-refractivity contribution in [2.45, 2.75) is 13.8 Å². The van der Waals surface area contributed by atoms with Gasteiger partial charge >= 0.3 is 0 Å². The van der Waals surface area contributed by atoms with Gasteiger partial charge < -0.3 is 9.80 Å². The second-order valence-electron chi connectivity index (χ2n) is 6.34. The van der Waals surface area contributed by atoms with Crippen LogP contribution in [0.15, 0.2) is 42.5 Å². The van der Waals surface area contributed by atoms with E-state index in [-0.39, 0.29) is 11.8 Å². The molecule has 0 radical (unpaired) electrons. The summed E-state index contributed by atoms with van der Waals surface area (Å²) in [4.78, 5) is 28.9. The van der Waals surface area contributed by atoms with Gasteiger partial charge in [0.05, 0.1) is 0 Å². The number of hydrogen-bond donors (Lipinski definition) is 0. The minimum Gasteiger partial charge on any atom is -0.335 e. The first-order valence-corrected chi connectivity index (χ1v) is 8.75. The van der Waals surface area contributed by atoms with Gasteiger partial charge in [-0.05, 0) is 49.2 Å². The Morgan fingerprint density at radius 1 is 0.880 bits per heavy atom. The number of amides is 2. The maximum absolute atomic E-state index is 12.8. The Bertz CT molecular complexity index is 811. The molecule has 0 N–H and O–H groups in total. The monoisotopic (exact) mass is 356 g/mol. The zero-order chi connectivity index (χ0) is 18.0. The van der Waals surface area contributed by atoms with Crippen LogP contribution >= 0.6 is 11.6 Å². The normalized spacial score (nSPS) is 14.5. The third-order valence-electron chi connectivity index (χ3n) is 4.76. The number of aryl methyl sites for hydroxylation is 1. The van der Waals surface area contributed by atoms with E-state index in [1.165, 1.54) is 0 Å². The highest BCUT2D eigenvalue weighted by Gasteiger charge is 2.26. The Labute approximate surface area is 153 Å². The molecule has 3 rings (SSSR count). The van der Waals surface area contributed by atoms with Crippen LogP contribution in [0.25, 0.3) is 0 Å². The molecule has 1 saturated heterocycles. The third-order valence-corrected chi connectivity index (χ3v) is 5.00. The van der Waals surface area contributed by atoms with E-state index in [4.69, 9.17) is 11.6 Å². The molecule has 0 aliphatic carbocycles. The van der Waals surface area contributed by atoms with Gasteiger partial charge in [0.1, 0.15) is 0 Å². The van der Waals surface area contributed by atoms with Gasteiger partial charge in [-0.1, -0.05) is 29.8 Å². The molecular weight excluding hydrogens is 336 g/mol. The van der Waals surface area contributed by atoms with Crippen molar-refractivity contribution in [1.29, 1.82) is 0 Å². The predicted octanol–water partition coefficient (Wildman–Crippen LogP) is 3.56. The average Bonchev–Trinajstić information content (AvgIpc) is 2.63. The fraction of sp³-hybridized carbons (Fsp3) is 0.300. The van der Waals surface area contributed by atoms with Gasteiger partial charge in [-0.3, -0.25) is 9.59 Å². The number of halogens is 1. The maximum atomic E-state index is 12.8. The summed E-state index contributed by atoms with van der Waals surface area (Å²) in [6.45, 7) is 6.12.